The fraction of sp³-hybridized carbons (Fsp3) is 0.167. The van der Waals surface area contributed by atoms with Gasteiger partial charge in [-0.25, -0.2) is 4.68 Å². The number of nitrogens with zero attached hydrogens (tertiary/aromatic N) is 3. The Morgan fingerprint density at radius 3 is 2.50 bits per heavy atom. The molecule has 0 fully saturated rings. The Morgan fingerprint density at radius 2 is 1.85 bits per heavy atom. The van der Waals surface area contributed by atoms with Crippen molar-refractivity contribution in [3.63, 3.8) is 0 Å². The fourth-order valence-electron chi connectivity index (χ4n) is 2.61. The van der Waals surface area contributed by atoms with Gasteiger partial charge < -0.3 is 5.32 Å². The molecule has 26 heavy (non-hydrogen) atoms. The quantitative estimate of drug-likeness (QED) is 0.573. The van der Waals surface area contributed by atoms with E-state index in [9.17, 15) is 19.7 Å². The average Bonchev–Trinajstić information content (AvgIpc) is 2.62. The summed E-state index contributed by atoms with van der Waals surface area (Å²) >= 11 is 0. The SMILES string of the molecule is CC(C)n1nc(C(=O)Nc2cccc([N+](=O)[O-])c2)c2ccccc2c1=O. The van der Waals surface area contributed by atoms with Gasteiger partial charge in [0.15, 0.2) is 5.69 Å². The summed E-state index contributed by atoms with van der Waals surface area (Å²) in [6.07, 6.45) is 0. The Balaban J connectivity index is 2.08. The number of nitro benzene ring substituents is 1. The van der Waals surface area contributed by atoms with E-state index < -0.39 is 10.8 Å². The third-order valence-corrected chi connectivity index (χ3v) is 3.85. The maximum Gasteiger partial charge on any atom is 0.276 e. The van der Waals surface area contributed by atoms with Crippen LogP contribution in [0.2, 0.25) is 0 Å². The van der Waals surface area contributed by atoms with E-state index in [4.69, 9.17) is 0 Å². The molecule has 1 aromatic heterocycles. The monoisotopic (exact) mass is 352 g/mol. The minimum absolute atomic E-state index is 0.0837. The second-order valence-corrected chi connectivity index (χ2v) is 6.00. The second kappa shape index (κ2) is 6.75. The number of nitrogens with one attached hydrogen (secondary N) is 1. The second-order valence-electron chi connectivity index (χ2n) is 6.00. The maximum atomic E-state index is 12.7. The number of non-ortho nitro benzene ring substituents is 1. The van der Waals surface area contributed by atoms with Crippen LogP contribution < -0.4 is 10.9 Å². The van der Waals surface area contributed by atoms with Gasteiger partial charge >= 0.3 is 0 Å². The van der Waals surface area contributed by atoms with Gasteiger partial charge in [-0.2, -0.15) is 5.10 Å². The summed E-state index contributed by atoms with van der Waals surface area (Å²) in [5.41, 5.74) is -0.0481. The molecule has 3 aromatic rings. The van der Waals surface area contributed by atoms with E-state index in [2.05, 4.69) is 10.4 Å². The number of nitro groups is 1. The van der Waals surface area contributed by atoms with Crippen molar-refractivity contribution >= 4 is 28.1 Å². The number of carbonyl (C=O) groups is 1. The molecule has 0 radical (unpaired) electrons. The molecule has 0 aliphatic heterocycles. The number of anilines is 1. The van der Waals surface area contributed by atoms with Gasteiger partial charge in [0.25, 0.3) is 17.2 Å². The first-order chi connectivity index (χ1) is 12.4. The molecule has 0 saturated heterocycles. The summed E-state index contributed by atoms with van der Waals surface area (Å²) in [6, 6.07) is 12.1. The van der Waals surface area contributed by atoms with Crippen LogP contribution in [-0.2, 0) is 0 Å². The zero-order chi connectivity index (χ0) is 18.8. The van der Waals surface area contributed by atoms with E-state index in [1.807, 2.05) is 0 Å². The molecule has 1 heterocycles. The average molecular weight is 352 g/mol. The number of rotatable bonds is 4. The van der Waals surface area contributed by atoms with E-state index in [1.165, 1.54) is 22.9 Å². The van der Waals surface area contributed by atoms with Crippen LogP contribution in [0.15, 0.2) is 53.3 Å². The van der Waals surface area contributed by atoms with Gasteiger partial charge in [-0.3, -0.25) is 19.7 Å². The van der Waals surface area contributed by atoms with Gasteiger partial charge in [-0.1, -0.05) is 24.3 Å². The van der Waals surface area contributed by atoms with Crippen LogP contribution in [0.3, 0.4) is 0 Å². The molecular weight excluding hydrogens is 336 g/mol. The van der Waals surface area contributed by atoms with Gasteiger partial charge in [0.2, 0.25) is 0 Å². The van der Waals surface area contributed by atoms with Crippen LogP contribution in [0.4, 0.5) is 11.4 Å². The lowest BCUT2D eigenvalue weighted by Crippen LogP contribution is -2.28. The van der Waals surface area contributed by atoms with Crippen LogP contribution in [0, 0.1) is 10.1 Å². The Bertz CT molecular complexity index is 1070. The van der Waals surface area contributed by atoms with Crippen molar-refractivity contribution in [1.29, 1.82) is 0 Å². The van der Waals surface area contributed by atoms with E-state index in [1.54, 1.807) is 44.2 Å². The highest BCUT2D eigenvalue weighted by Crippen LogP contribution is 2.20. The topological polar surface area (TPSA) is 107 Å². The zero-order valence-corrected chi connectivity index (χ0v) is 14.2. The summed E-state index contributed by atoms with van der Waals surface area (Å²) < 4.78 is 1.25. The predicted molar refractivity (Wildman–Crippen MR) is 97.4 cm³/mol. The molecule has 1 amide bonds. The normalized spacial score (nSPS) is 10.9. The summed E-state index contributed by atoms with van der Waals surface area (Å²) in [4.78, 5) is 35.6. The third kappa shape index (κ3) is 3.16. The number of amides is 1. The highest BCUT2D eigenvalue weighted by molar-refractivity contribution is 6.11. The van der Waals surface area contributed by atoms with Gasteiger partial charge in [0.1, 0.15) is 0 Å². The molecule has 2 aromatic carbocycles. The Kier molecular flexibility index (Phi) is 4.49. The number of hydrogen-bond donors (Lipinski definition) is 1. The predicted octanol–water partition coefficient (Wildman–Crippen LogP) is 3.14. The molecule has 0 spiro atoms. The number of benzene rings is 2. The number of hydrogen-bond acceptors (Lipinski definition) is 5. The lowest BCUT2D eigenvalue weighted by Gasteiger charge is -2.13. The molecular formula is C18H16N4O4. The highest BCUT2D eigenvalue weighted by atomic mass is 16.6. The molecule has 8 nitrogen and oxygen atoms in total. The largest absolute Gasteiger partial charge is 0.320 e. The first kappa shape index (κ1) is 17.3. The van der Waals surface area contributed by atoms with E-state index in [0.717, 1.165) is 0 Å². The first-order valence-electron chi connectivity index (χ1n) is 7.96. The molecule has 0 aliphatic rings. The van der Waals surface area contributed by atoms with Crippen LogP contribution in [0.25, 0.3) is 10.8 Å². The van der Waals surface area contributed by atoms with Crippen LogP contribution >= 0.6 is 0 Å². The van der Waals surface area contributed by atoms with E-state index in [-0.39, 0.29) is 28.7 Å². The highest BCUT2D eigenvalue weighted by Gasteiger charge is 2.18. The standard InChI is InChI=1S/C18H16N4O4/c1-11(2)21-18(24)15-9-4-3-8-14(15)16(20-21)17(23)19-12-6-5-7-13(10-12)22(25)26/h3-11H,1-2H3,(H,19,23). The molecule has 0 atom stereocenters. The van der Waals surface area contributed by atoms with E-state index >= 15 is 0 Å². The lowest BCUT2D eigenvalue weighted by molar-refractivity contribution is -0.384. The van der Waals surface area contributed by atoms with Crippen molar-refractivity contribution in [2.45, 2.75) is 19.9 Å². The molecule has 1 N–H and O–H groups in total. The third-order valence-electron chi connectivity index (χ3n) is 3.85. The van der Waals surface area contributed by atoms with Crippen LogP contribution in [0.5, 0.6) is 0 Å². The first-order valence-corrected chi connectivity index (χ1v) is 7.96. The smallest absolute Gasteiger partial charge is 0.276 e. The Morgan fingerprint density at radius 1 is 1.15 bits per heavy atom. The van der Waals surface area contributed by atoms with Gasteiger partial charge in [0, 0.05) is 23.2 Å². The molecule has 0 saturated carbocycles. The molecule has 0 bridgehead atoms. The summed E-state index contributed by atoms with van der Waals surface area (Å²) in [6.45, 7) is 3.59. The molecule has 0 aliphatic carbocycles. The molecule has 8 heteroatoms. The summed E-state index contributed by atoms with van der Waals surface area (Å²) in [5.74, 6) is -0.545. The van der Waals surface area contributed by atoms with Gasteiger partial charge in [0.05, 0.1) is 16.4 Å². The number of fused-ring (bicyclic) bond motifs is 1. The van der Waals surface area contributed by atoms with Crippen molar-refractivity contribution in [3.05, 3.63) is 74.7 Å². The van der Waals surface area contributed by atoms with Crippen molar-refractivity contribution in [3.8, 4) is 0 Å². The zero-order valence-electron chi connectivity index (χ0n) is 14.2. The molecule has 132 valence electrons. The van der Waals surface area contributed by atoms with Gasteiger partial charge in [-0.05, 0) is 26.0 Å². The molecule has 0 unspecified atom stereocenters. The van der Waals surface area contributed by atoms with Crippen molar-refractivity contribution < 1.29 is 9.72 Å². The van der Waals surface area contributed by atoms with Crippen LogP contribution in [-0.4, -0.2) is 20.6 Å². The number of carbonyl (C=O) groups excluding carboxylic acids is 1. The Labute approximate surface area is 148 Å². The van der Waals surface area contributed by atoms with Crippen molar-refractivity contribution in [2.75, 3.05) is 5.32 Å². The van der Waals surface area contributed by atoms with Crippen molar-refractivity contribution in [1.82, 2.24) is 9.78 Å². The fourth-order valence-corrected chi connectivity index (χ4v) is 2.61. The minimum Gasteiger partial charge on any atom is -0.320 e. The lowest BCUT2D eigenvalue weighted by atomic mass is 10.1. The van der Waals surface area contributed by atoms with Crippen molar-refractivity contribution in [2.24, 2.45) is 0 Å². The summed E-state index contributed by atoms with van der Waals surface area (Å²) in [7, 11) is 0. The maximum absolute atomic E-state index is 12.7. The summed E-state index contributed by atoms with van der Waals surface area (Å²) in [5, 5.41) is 18.5. The van der Waals surface area contributed by atoms with E-state index in [0.29, 0.717) is 10.8 Å². The van der Waals surface area contributed by atoms with Gasteiger partial charge in [-0.15, -0.1) is 0 Å². The number of aromatic nitrogens is 2. The molecule has 3 rings (SSSR count). The minimum atomic E-state index is -0.545. The Hall–Kier alpha value is -3.55. The van der Waals surface area contributed by atoms with Crippen LogP contribution in [0.1, 0.15) is 30.4 Å².